The second-order valence-electron chi connectivity index (χ2n) is 10.9. The minimum Gasteiger partial charge on any atom is -0.497 e. The van der Waals surface area contributed by atoms with Crippen molar-refractivity contribution in [3.63, 3.8) is 0 Å². The Bertz CT molecular complexity index is 1520. The van der Waals surface area contributed by atoms with Crippen LogP contribution in [-0.2, 0) is 4.79 Å². The second-order valence-corrected chi connectivity index (χ2v) is 10.9. The third kappa shape index (κ3) is 7.72. The van der Waals surface area contributed by atoms with E-state index in [4.69, 9.17) is 14.7 Å². The lowest BCUT2D eigenvalue weighted by Crippen LogP contribution is -2.26. The highest BCUT2D eigenvalue weighted by molar-refractivity contribution is 5.92. The highest BCUT2D eigenvalue weighted by atomic mass is 16.5. The van der Waals surface area contributed by atoms with E-state index in [2.05, 4.69) is 34.7 Å². The molecule has 0 atom stereocenters. The molecule has 7 heteroatoms. The van der Waals surface area contributed by atoms with Crippen LogP contribution in [0.4, 0.5) is 5.82 Å². The largest absolute Gasteiger partial charge is 0.497 e. The molecule has 2 heterocycles. The maximum Gasteiger partial charge on any atom is 0.225 e. The van der Waals surface area contributed by atoms with Gasteiger partial charge in [0.15, 0.2) is 5.82 Å². The predicted octanol–water partition coefficient (Wildman–Crippen LogP) is 7.84. The maximum atomic E-state index is 13.2. The zero-order chi connectivity index (χ0) is 29.1. The summed E-state index contributed by atoms with van der Waals surface area (Å²) >= 11 is 0. The van der Waals surface area contributed by atoms with Crippen LogP contribution in [0.25, 0.3) is 22.3 Å². The number of rotatable bonds is 11. The molecule has 1 aromatic carbocycles. The fourth-order valence-corrected chi connectivity index (χ4v) is 5.66. The molecule has 2 aliphatic carbocycles. The molecule has 0 aliphatic heterocycles. The fraction of sp³-hybridized carbons (Fsp3) is 0.371. The summed E-state index contributed by atoms with van der Waals surface area (Å²) in [5.74, 6) is 1.86. The number of nitrogens with one attached hydrogen (secondary N) is 2. The molecule has 3 aromatic rings. The quantitative estimate of drug-likeness (QED) is 0.231. The third-order valence-corrected chi connectivity index (χ3v) is 7.87. The summed E-state index contributed by atoms with van der Waals surface area (Å²) in [5, 5.41) is 7.43. The Hall–Kier alpha value is -4.26. The van der Waals surface area contributed by atoms with Gasteiger partial charge in [0.1, 0.15) is 11.6 Å². The monoisotopic (exact) mass is 563 g/mol. The highest BCUT2D eigenvalue weighted by Gasteiger charge is 2.16. The van der Waals surface area contributed by atoms with Crippen molar-refractivity contribution >= 4 is 22.6 Å². The molecule has 0 saturated heterocycles. The van der Waals surface area contributed by atoms with Gasteiger partial charge in [-0.05, 0) is 99.8 Å². The summed E-state index contributed by atoms with van der Waals surface area (Å²) in [6.07, 6.45) is 22.6. The average Bonchev–Trinajstić information content (AvgIpc) is 3.23. The van der Waals surface area contributed by atoms with Crippen molar-refractivity contribution in [3.05, 3.63) is 89.4 Å². The summed E-state index contributed by atoms with van der Waals surface area (Å²) in [5.41, 5.74) is 7.04. The molecular weight excluding hydrogens is 522 g/mol. The number of amides is 1. The molecule has 7 nitrogen and oxygen atoms in total. The Labute approximate surface area is 248 Å². The Morgan fingerprint density at radius 3 is 2.79 bits per heavy atom. The van der Waals surface area contributed by atoms with Crippen LogP contribution in [0.5, 0.6) is 5.75 Å². The Kier molecular flexibility index (Phi) is 10.1. The van der Waals surface area contributed by atoms with E-state index in [1.165, 1.54) is 44.1 Å². The number of anilines is 1. The molecule has 0 bridgehead atoms. The van der Waals surface area contributed by atoms with E-state index < -0.39 is 0 Å². The number of nitrogens with zero attached hydrogens (tertiary/aromatic N) is 3. The molecule has 0 radical (unpaired) electrons. The minimum absolute atomic E-state index is 0.0196. The van der Waals surface area contributed by atoms with Crippen molar-refractivity contribution in [2.45, 2.75) is 71.1 Å². The SMILES string of the molecule is CC/C=C\C=C(/CC(=O)NCCC1=CC2=C(CCCC2)CCC1)Nc1nc(-c2cccnc2)nc2ccc(OC)cc12. The molecule has 218 valence electrons. The van der Waals surface area contributed by atoms with Gasteiger partial charge in [0.05, 0.1) is 19.0 Å². The topological polar surface area (TPSA) is 89.0 Å². The van der Waals surface area contributed by atoms with Gasteiger partial charge >= 0.3 is 0 Å². The first-order valence-corrected chi connectivity index (χ1v) is 15.2. The summed E-state index contributed by atoms with van der Waals surface area (Å²) in [6.45, 7) is 2.73. The van der Waals surface area contributed by atoms with E-state index in [0.29, 0.717) is 23.9 Å². The molecule has 2 aliphatic rings. The van der Waals surface area contributed by atoms with Gasteiger partial charge in [0.25, 0.3) is 0 Å². The molecule has 0 saturated carbocycles. The van der Waals surface area contributed by atoms with E-state index >= 15 is 0 Å². The van der Waals surface area contributed by atoms with Gasteiger partial charge in [0, 0.05) is 35.6 Å². The van der Waals surface area contributed by atoms with Crippen molar-refractivity contribution in [1.29, 1.82) is 0 Å². The standard InChI is InChI=1S/C35H41N5O2/c1-3-4-5-15-29(22-33(41)37-20-18-25-10-8-13-26-11-6-7-12-27(26)21-25)38-35-31-23-30(42-2)16-17-32(31)39-34(40-35)28-14-9-19-36-24-28/h4-5,9,14-17,19,21,23-24H,3,6-8,10-13,18,20,22H2,1-2H3,(H,37,41)(H,38,39,40)/b5-4-,29-15+. The molecule has 0 spiro atoms. The van der Waals surface area contributed by atoms with Gasteiger partial charge < -0.3 is 15.4 Å². The lowest BCUT2D eigenvalue weighted by Gasteiger charge is -2.16. The van der Waals surface area contributed by atoms with Crippen LogP contribution in [0.1, 0.15) is 71.1 Å². The van der Waals surface area contributed by atoms with Gasteiger partial charge in [-0.1, -0.05) is 36.3 Å². The van der Waals surface area contributed by atoms with Crippen LogP contribution in [0.2, 0.25) is 0 Å². The van der Waals surface area contributed by atoms with Crippen LogP contribution >= 0.6 is 0 Å². The molecule has 0 fully saturated rings. The van der Waals surface area contributed by atoms with Crippen molar-refractivity contribution in [2.75, 3.05) is 19.0 Å². The summed E-state index contributed by atoms with van der Waals surface area (Å²) in [4.78, 5) is 27.0. The maximum absolute atomic E-state index is 13.2. The Morgan fingerprint density at radius 1 is 1.07 bits per heavy atom. The van der Waals surface area contributed by atoms with E-state index in [1.54, 1.807) is 30.6 Å². The molecule has 2 aromatic heterocycles. The molecular formula is C35H41N5O2. The van der Waals surface area contributed by atoms with Crippen LogP contribution in [0.15, 0.2) is 89.4 Å². The number of hydrogen-bond acceptors (Lipinski definition) is 6. The molecule has 0 unspecified atom stereocenters. The molecule has 42 heavy (non-hydrogen) atoms. The Morgan fingerprint density at radius 2 is 1.95 bits per heavy atom. The smallest absolute Gasteiger partial charge is 0.225 e. The van der Waals surface area contributed by atoms with Crippen molar-refractivity contribution < 1.29 is 9.53 Å². The van der Waals surface area contributed by atoms with Gasteiger partial charge in [-0.3, -0.25) is 9.78 Å². The van der Waals surface area contributed by atoms with E-state index in [9.17, 15) is 4.79 Å². The molecule has 5 rings (SSSR count). The second kappa shape index (κ2) is 14.6. The van der Waals surface area contributed by atoms with E-state index in [-0.39, 0.29) is 12.3 Å². The highest BCUT2D eigenvalue weighted by Crippen LogP contribution is 2.34. The molecule has 2 N–H and O–H groups in total. The van der Waals surface area contributed by atoms with Crippen LogP contribution < -0.4 is 15.4 Å². The normalized spacial score (nSPS) is 15.8. The van der Waals surface area contributed by atoms with Gasteiger partial charge in [-0.2, -0.15) is 0 Å². The van der Waals surface area contributed by atoms with Crippen molar-refractivity contribution in [1.82, 2.24) is 20.3 Å². The first kappa shape index (κ1) is 29.2. The number of pyridine rings is 1. The summed E-state index contributed by atoms with van der Waals surface area (Å²) < 4.78 is 5.48. The summed E-state index contributed by atoms with van der Waals surface area (Å²) in [7, 11) is 1.64. The number of hydrogen-bond donors (Lipinski definition) is 2. The lowest BCUT2D eigenvalue weighted by molar-refractivity contribution is -0.120. The van der Waals surface area contributed by atoms with Crippen LogP contribution in [0.3, 0.4) is 0 Å². The van der Waals surface area contributed by atoms with Gasteiger partial charge in [-0.25, -0.2) is 9.97 Å². The van der Waals surface area contributed by atoms with Crippen LogP contribution in [0, 0.1) is 0 Å². The van der Waals surface area contributed by atoms with Gasteiger partial charge in [0.2, 0.25) is 5.91 Å². The van der Waals surface area contributed by atoms with Gasteiger partial charge in [-0.15, -0.1) is 0 Å². The van der Waals surface area contributed by atoms with Crippen molar-refractivity contribution in [2.24, 2.45) is 0 Å². The third-order valence-electron chi connectivity index (χ3n) is 7.87. The fourth-order valence-electron chi connectivity index (χ4n) is 5.66. The number of aromatic nitrogens is 3. The lowest BCUT2D eigenvalue weighted by atomic mass is 9.90. The van der Waals surface area contributed by atoms with E-state index in [0.717, 1.165) is 41.4 Å². The number of ether oxygens (including phenoxy) is 1. The average molecular weight is 564 g/mol. The van der Waals surface area contributed by atoms with Crippen molar-refractivity contribution in [3.8, 4) is 17.1 Å². The Balaban J connectivity index is 1.32. The first-order valence-electron chi connectivity index (χ1n) is 15.2. The summed E-state index contributed by atoms with van der Waals surface area (Å²) in [6, 6.07) is 9.52. The number of carbonyl (C=O) groups excluding carboxylic acids is 1. The van der Waals surface area contributed by atoms with E-state index in [1.807, 2.05) is 42.5 Å². The number of allylic oxidation sites excluding steroid dienone is 6. The zero-order valence-corrected chi connectivity index (χ0v) is 24.8. The number of carbonyl (C=O) groups is 1. The number of fused-ring (bicyclic) bond motifs is 1. The predicted molar refractivity (Wildman–Crippen MR) is 170 cm³/mol. The minimum atomic E-state index is -0.0196. The molecule has 1 amide bonds. The first-order chi connectivity index (χ1) is 20.6. The zero-order valence-electron chi connectivity index (χ0n) is 24.8. The number of methoxy groups -OCH3 is 1. The van der Waals surface area contributed by atoms with Crippen LogP contribution in [-0.4, -0.2) is 34.5 Å². The number of benzene rings is 1.